The molecule has 0 saturated heterocycles. The molecular formula is C71H86N6O15. The molecule has 4 saturated carbocycles. The van der Waals surface area contributed by atoms with Gasteiger partial charge in [0.1, 0.15) is 40.3 Å². The summed E-state index contributed by atoms with van der Waals surface area (Å²) in [5.74, 6) is -1.26. The van der Waals surface area contributed by atoms with E-state index in [0.29, 0.717) is 104 Å². The summed E-state index contributed by atoms with van der Waals surface area (Å²) in [6.45, 7) is 1.63. The Labute approximate surface area is 536 Å². The molecule has 490 valence electrons. The average molecular weight is 1260 g/mol. The predicted molar refractivity (Wildman–Crippen MR) is 353 cm³/mol. The van der Waals surface area contributed by atoms with E-state index in [2.05, 4.69) is 21.3 Å². The highest BCUT2D eigenvalue weighted by Gasteiger charge is 2.33. The first-order chi connectivity index (χ1) is 43.7. The van der Waals surface area contributed by atoms with E-state index in [9.17, 15) is 38.4 Å². The molecule has 0 aromatic heterocycles. The van der Waals surface area contributed by atoms with Crippen molar-refractivity contribution in [3.63, 3.8) is 0 Å². The Morgan fingerprint density at radius 3 is 1.07 bits per heavy atom. The lowest BCUT2D eigenvalue weighted by molar-refractivity contribution is -0.148. The van der Waals surface area contributed by atoms with Gasteiger partial charge in [0.05, 0.1) is 23.7 Å². The molecule has 4 atom stereocenters. The molecule has 6 aromatic carbocycles. The van der Waals surface area contributed by atoms with Crippen LogP contribution in [0.5, 0.6) is 34.5 Å². The lowest BCUT2D eigenvalue weighted by atomic mass is 9.80. The number of carbonyl (C=O) groups is 8. The first-order valence-electron chi connectivity index (χ1n) is 30.8. The number of hydrogen-bond acceptors (Lipinski definition) is 14. The van der Waals surface area contributed by atoms with Crippen molar-refractivity contribution in [1.82, 2.24) is 0 Å². The van der Waals surface area contributed by atoms with Crippen molar-refractivity contribution in [1.29, 1.82) is 0 Å². The van der Waals surface area contributed by atoms with E-state index in [-0.39, 0.29) is 66.4 Å². The van der Waals surface area contributed by atoms with E-state index in [1.54, 1.807) is 73.7 Å². The molecule has 6 aromatic rings. The Morgan fingerprint density at radius 2 is 0.685 bits per heavy atom. The second kappa shape index (κ2) is 35.5. The number of amides is 3. The van der Waals surface area contributed by atoms with E-state index in [0.717, 1.165) is 67.8 Å². The van der Waals surface area contributed by atoms with Crippen LogP contribution in [0.25, 0.3) is 0 Å². The Hall–Kier alpha value is -9.92. The van der Waals surface area contributed by atoms with Crippen LogP contribution in [0.3, 0.4) is 0 Å². The Bertz CT molecular complexity index is 3360. The minimum atomic E-state index is -0.860. The topological polar surface area (TPSA) is 345 Å². The normalized spacial score (nSPS) is 20.5. The summed E-state index contributed by atoms with van der Waals surface area (Å²) in [6, 6.07) is 43.8. The summed E-state index contributed by atoms with van der Waals surface area (Å²) in [5, 5.41) is 46.6. The summed E-state index contributed by atoms with van der Waals surface area (Å²) in [6.07, 6.45) is 10.0. The minimum Gasteiger partial charge on any atom is -0.481 e. The van der Waals surface area contributed by atoms with Crippen molar-refractivity contribution in [2.24, 2.45) is 47.3 Å². The van der Waals surface area contributed by atoms with E-state index < -0.39 is 35.7 Å². The molecule has 4 aliphatic rings. The van der Waals surface area contributed by atoms with Gasteiger partial charge in [-0.1, -0.05) is 32.4 Å². The number of carboxylic acid groups (broad SMARTS) is 4. The molecule has 4 unspecified atom stereocenters. The van der Waals surface area contributed by atoms with Crippen molar-refractivity contribution in [2.45, 2.75) is 117 Å². The van der Waals surface area contributed by atoms with Crippen LogP contribution < -0.4 is 46.9 Å². The van der Waals surface area contributed by atoms with E-state index in [4.69, 9.17) is 46.1 Å². The van der Waals surface area contributed by atoms with Gasteiger partial charge in [-0.25, -0.2) is 0 Å². The van der Waals surface area contributed by atoms with Gasteiger partial charge in [-0.2, -0.15) is 0 Å². The number of hydrogen-bond donors (Lipinski definition) is 10. The summed E-state index contributed by atoms with van der Waals surface area (Å²) >= 11 is 0. The predicted octanol–water partition coefficient (Wildman–Crippen LogP) is 14.2. The van der Waals surface area contributed by atoms with Crippen LogP contribution in [0.15, 0.2) is 146 Å². The van der Waals surface area contributed by atoms with Crippen LogP contribution in [-0.4, -0.2) is 74.9 Å². The monoisotopic (exact) mass is 1260 g/mol. The highest BCUT2D eigenvalue weighted by molar-refractivity contribution is 5.96. The van der Waals surface area contributed by atoms with Crippen molar-refractivity contribution in [2.75, 3.05) is 39.8 Å². The fourth-order valence-corrected chi connectivity index (χ4v) is 11.4. The first-order valence-corrected chi connectivity index (χ1v) is 30.8. The quantitative estimate of drug-likeness (QED) is 0.0357. The number of aliphatic carboxylic acids is 4. The molecule has 0 heterocycles. The van der Waals surface area contributed by atoms with Gasteiger partial charge in [0.25, 0.3) is 0 Å². The SMILES string of the molecule is C.CNc1cccc(Oc2ccc(NC(=O)C3CCCC(C(=O)Nc4ccc(Oc5ccc(NC(=O)C6CCC(C(C)=O)CC6)cc5)cc4)C3)cc2)c1.Nc1ccc(Oc2cccc(N)c2)cc1.O=C(O)C1CCC(C(=O)O)CC1.O=C(O)C1CCCC(C(=O)O)C1. The molecule has 4 aliphatic carbocycles. The number of rotatable bonds is 18. The molecule has 0 spiro atoms. The third-order valence-corrected chi connectivity index (χ3v) is 16.8. The number of benzene rings is 6. The Kier molecular flexibility index (Phi) is 27.4. The molecule has 0 aliphatic heterocycles. The molecule has 3 amide bonds. The van der Waals surface area contributed by atoms with Crippen LogP contribution >= 0.6 is 0 Å². The molecule has 21 nitrogen and oxygen atoms in total. The Morgan fingerprint density at radius 1 is 0.359 bits per heavy atom. The van der Waals surface area contributed by atoms with Crippen LogP contribution in [-0.2, 0) is 38.4 Å². The molecule has 21 heteroatoms. The van der Waals surface area contributed by atoms with Gasteiger partial charge < -0.3 is 67.4 Å². The van der Waals surface area contributed by atoms with Crippen molar-refractivity contribution >= 4 is 81.5 Å². The van der Waals surface area contributed by atoms with Crippen LogP contribution in [0.1, 0.15) is 117 Å². The third-order valence-electron chi connectivity index (χ3n) is 16.8. The Balaban J connectivity index is 0.000000268. The number of anilines is 6. The molecule has 0 bridgehead atoms. The summed E-state index contributed by atoms with van der Waals surface area (Å²) in [4.78, 5) is 92.8. The molecule has 10 rings (SSSR count). The first kappa shape index (κ1) is 71.2. The lowest BCUT2D eigenvalue weighted by Crippen LogP contribution is -2.33. The average Bonchev–Trinajstić information content (AvgIpc) is 1.85. The summed E-state index contributed by atoms with van der Waals surface area (Å²) < 4.78 is 17.5. The second-order valence-corrected chi connectivity index (χ2v) is 23.4. The standard InChI is InChI=1S/C42H46N4O6.C12H12N2O.2C8H12O4.CH4/c1-27(47)28-9-11-29(12-10-28)40(48)44-32-13-19-36(20-14-32)51-37-21-15-33(16-22-37)45-41(49)30-5-3-6-31(25-30)42(50)46-34-17-23-38(24-18-34)52-39-8-4-7-35(26-39)43-2;13-9-4-6-11(7-5-9)15-12-3-1-2-10(14)8-12;9-7(10)5-1-2-6(4-3-5)8(11)12;9-7(10)5-2-1-3-6(4-5)8(11)12;/h4,7-8,13-24,26,28-31,43H,3,5-6,9-12,25H2,1-2H3,(H,44,48)(H,45,49)(H,46,50);1-8H,13-14H2;2*5-6H,1-4H2,(H,9,10)(H,11,12);1H4. The van der Waals surface area contributed by atoms with Gasteiger partial charge in [-0.15, -0.1) is 0 Å². The van der Waals surface area contributed by atoms with Gasteiger partial charge in [0, 0.05) is 77.0 Å². The minimum absolute atomic E-state index is 0. The van der Waals surface area contributed by atoms with E-state index in [1.807, 2.05) is 85.9 Å². The number of nitrogens with one attached hydrogen (secondary N) is 4. The highest BCUT2D eigenvalue weighted by atomic mass is 16.5. The van der Waals surface area contributed by atoms with Crippen LogP contribution in [0.4, 0.5) is 34.1 Å². The zero-order chi connectivity index (χ0) is 65.4. The largest absolute Gasteiger partial charge is 0.481 e. The maximum atomic E-state index is 13.2. The van der Waals surface area contributed by atoms with E-state index >= 15 is 0 Å². The van der Waals surface area contributed by atoms with Crippen LogP contribution in [0, 0.1) is 47.3 Å². The fraction of sp³-hybridized carbons (Fsp3) is 0.380. The number of ether oxygens (including phenoxy) is 3. The number of carboxylic acids is 4. The molecule has 12 N–H and O–H groups in total. The maximum Gasteiger partial charge on any atom is 0.306 e. The van der Waals surface area contributed by atoms with Gasteiger partial charge in [-0.05, 0) is 218 Å². The lowest BCUT2D eigenvalue weighted by Gasteiger charge is -2.27. The number of ketones is 1. The van der Waals surface area contributed by atoms with Gasteiger partial charge in [0.2, 0.25) is 17.7 Å². The maximum absolute atomic E-state index is 13.2. The van der Waals surface area contributed by atoms with Crippen molar-refractivity contribution in [3.8, 4) is 34.5 Å². The van der Waals surface area contributed by atoms with Gasteiger partial charge >= 0.3 is 23.9 Å². The fourth-order valence-electron chi connectivity index (χ4n) is 11.4. The van der Waals surface area contributed by atoms with Crippen molar-refractivity contribution < 1.29 is 73.0 Å². The second-order valence-electron chi connectivity index (χ2n) is 23.4. The number of Topliss-reactive ketones (excluding diaryl/α,β-unsaturated/α-hetero) is 1. The summed E-state index contributed by atoms with van der Waals surface area (Å²) in [5.41, 5.74) is 15.6. The smallest absolute Gasteiger partial charge is 0.306 e. The van der Waals surface area contributed by atoms with Gasteiger partial charge in [0.15, 0.2) is 0 Å². The van der Waals surface area contributed by atoms with Crippen molar-refractivity contribution in [3.05, 3.63) is 146 Å². The van der Waals surface area contributed by atoms with E-state index in [1.165, 1.54) is 0 Å². The van der Waals surface area contributed by atoms with Crippen LogP contribution in [0.2, 0.25) is 0 Å². The molecule has 4 fully saturated rings. The number of nitrogen functional groups attached to an aromatic ring is 2. The highest BCUT2D eigenvalue weighted by Crippen LogP contribution is 2.35. The number of nitrogens with two attached hydrogens (primary N) is 2. The third kappa shape index (κ3) is 22.8. The molecule has 92 heavy (non-hydrogen) atoms. The summed E-state index contributed by atoms with van der Waals surface area (Å²) in [7, 11) is 1.85. The zero-order valence-electron chi connectivity index (χ0n) is 51.2. The molecule has 0 radical (unpaired) electrons. The number of carbonyl (C=O) groups excluding carboxylic acids is 4. The zero-order valence-corrected chi connectivity index (χ0v) is 51.2. The molecular weight excluding hydrogens is 1180 g/mol. The van der Waals surface area contributed by atoms with Gasteiger partial charge in [-0.3, -0.25) is 38.4 Å².